The third-order valence-corrected chi connectivity index (χ3v) is 7.02. The lowest BCUT2D eigenvalue weighted by molar-refractivity contribution is -0.0178. The molecule has 11 heteroatoms. The first-order chi connectivity index (χ1) is 17.3. The van der Waals surface area contributed by atoms with Crippen LogP contribution in [-0.2, 0) is 11.8 Å². The number of rotatable bonds is 4. The Labute approximate surface area is 211 Å². The smallest absolute Gasteiger partial charge is 0.279 e. The number of ether oxygens (including phenoxy) is 1. The van der Waals surface area contributed by atoms with E-state index in [-0.39, 0.29) is 45.1 Å². The van der Waals surface area contributed by atoms with E-state index in [4.69, 9.17) is 21.3 Å². The van der Waals surface area contributed by atoms with Crippen LogP contribution in [0.1, 0.15) is 43.3 Å². The zero-order valence-electron chi connectivity index (χ0n) is 20.2. The molecule has 1 aliphatic heterocycles. The highest BCUT2D eigenvalue weighted by molar-refractivity contribution is 6.30. The molecule has 6 rings (SSSR count). The minimum Gasteiger partial charge on any atom is -0.367 e. The molecule has 4 aromatic rings. The molecule has 1 aromatic carbocycles. The average Bonchev–Trinajstić information content (AvgIpc) is 3.58. The summed E-state index contributed by atoms with van der Waals surface area (Å²) in [6.45, 7) is 4.68. The van der Waals surface area contributed by atoms with E-state index in [0.29, 0.717) is 30.9 Å². The Hall–Kier alpha value is -3.37. The van der Waals surface area contributed by atoms with Gasteiger partial charge >= 0.3 is 0 Å². The maximum atomic E-state index is 15.0. The minimum atomic E-state index is -0.547. The van der Waals surface area contributed by atoms with E-state index in [2.05, 4.69) is 15.1 Å². The van der Waals surface area contributed by atoms with Gasteiger partial charge in [-0.15, -0.1) is 0 Å². The molecule has 2 aliphatic rings. The van der Waals surface area contributed by atoms with Crippen LogP contribution in [0.4, 0.5) is 10.3 Å². The van der Waals surface area contributed by atoms with Crippen LogP contribution in [0.25, 0.3) is 22.3 Å². The predicted octanol–water partition coefficient (Wildman–Crippen LogP) is 3.99. The minimum absolute atomic E-state index is 0.123. The van der Waals surface area contributed by atoms with Crippen LogP contribution < -0.4 is 10.5 Å². The molecule has 2 unspecified atom stereocenters. The number of fused-ring (bicyclic) bond motifs is 1. The van der Waals surface area contributed by atoms with Gasteiger partial charge in [-0.1, -0.05) is 11.6 Å². The van der Waals surface area contributed by atoms with Gasteiger partial charge in [0.25, 0.3) is 5.56 Å². The fraction of sp³-hybridized carbons (Fsp3) is 0.400. The van der Waals surface area contributed by atoms with E-state index in [0.717, 1.165) is 18.4 Å². The van der Waals surface area contributed by atoms with Crippen molar-refractivity contribution in [1.82, 2.24) is 29.3 Å². The molecular formula is C25H25ClFN7O2. The van der Waals surface area contributed by atoms with Crippen LogP contribution in [0.2, 0.25) is 5.02 Å². The number of morpholine rings is 1. The van der Waals surface area contributed by atoms with Crippen molar-refractivity contribution < 1.29 is 9.13 Å². The van der Waals surface area contributed by atoms with E-state index >= 15 is 4.39 Å². The van der Waals surface area contributed by atoms with Crippen LogP contribution in [0.5, 0.6) is 0 Å². The van der Waals surface area contributed by atoms with E-state index in [1.54, 1.807) is 26.1 Å². The topological polar surface area (TPSA) is 91.0 Å². The Morgan fingerprint density at radius 2 is 1.94 bits per heavy atom. The largest absolute Gasteiger partial charge is 0.367 e. The number of hydrogen-bond acceptors (Lipinski definition) is 7. The van der Waals surface area contributed by atoms with Crippen molar-refractivity contribution in [2.75, 3.05) is 18.0 Å². The Kier molecular flexibility index (Phi) is 5.53. The summed E-state index contributed by atoms with van der Waals surface area (Å²) < 4.78 is 24.7. The van der Waals surface area contributed by atoms with Crippen molar-refractivity contribution in [2.45, 2.75) is 44.9 Å². The summed E-state index contributed by atoms with van der Waals surface area (Å²) in [5.41, 5.74) is 1.51. The van der Waals surface area contributed by atoms with E-state index < -0.39 is 5.82 Å². The van der Waals surface area contributed by atoms with Crippen molar-refractivity contribution in [3.05, 3.63) is 63.2 Å². The standard InChI is InChI=1S/C25H25ClFN7O2/c1-13-10-33(12-20(36-13)15-9-28-34(11-15)17-5-6-17)25-30-21(18-7-4-16(26)8-19(18)27)22-23(31-25)24(35)32(3)14(2)29-22/h4,7-9,11,13,17,20H,5-6,10,12H2,1-3H3. The summed E-state index contributed by atoms with van der Waals surface area (Å²) >= 11 is 5.99. The number of aromatic nitrogens is 6. The molecule has 0 spiro atoms. The lowest BCUT2D eigenvalue weighted by Crippen LogP contribution is -2.43. The molecule has 1 saturated carbocycles. The maximum Gasteiger partial charge on any atom is 0.279 e. The van der Waals surface area contributed by atoms with Crippen molar-refractivity contribution in [3.8, 4) is 11.3 Å². The molecule has 4 heterocycles. The van der Waals surface area contributed by atoms with Crippen LogP contribution in [-0.4, -0.2) is 48.5 Å². The van der Waals surface area contributed by atoms with Crippen molar-refractivity contribution in [1.29, 1.82) is 0 Å². The zero-order valence-corrected chi connectivity index (χ0v) is 20.9. The predicted molar refractivity (Wildman–Crippen MR) is 134 cm³/mol. The lowest BCUT2D eigenvalue weighted by atomic mass is 10.1. The number of hydrogen-bond donors (Lipinski definition) is 0. The number of aryl methyl sites for hydroxylation is 1. The molecule has 2 atom stereocenters. The highest BCUT2D eigenvalue weighted by Gasteiger charge is 2.32. The summed E-state index contributed by atoms with van der Waals surface area (Å²) in [6.07, 6.45) is 5.81. The second-order valence-electron chi connectivity index (χ2n) is 9.54. The summed E-state index contributed by atoms with van der Waals surface area (Å²) in [5.74, 6) is 0.255. The second-order valence-corrected chi connectivity index (χ2v) is 9.98. The van der Waals surface area contributed by atoms with Crippen LogP contribution >= 0.6 is 11.6 Å². The Morgan fingerprint density at radius 3 is 2.69 bits per heavy atom. The van der Waals surface area contributed by atoms with Crippen LogP contribution in [0.3, 0.4) is 0 Å². The molecule has 0 N–H and O–H groups in total. The zero-order chi connectivity index (χ0) is 25.1. The molecule has 186 valence electrons. The third-order valence-electron chi connectivity index (χ3n) is 6.78. The Bertz CT molecular complexity index is 1550. The van der Waals surface area contributed by atoms with E-state index in [9.17, 15) is 4.79 Å². The van der Waals surface area contributed by atoms with Crippen LogP contribution in [0, 0.1) is 12.7 Å². The maximum absolute atomic E-state index is 15.0. The van der Waals surface area contributed by atoms with Gasteiger partial charge < -0.3 is 9.64 Å². The van der Waals surface area contributed by atoms with Crippen molar-refractivity contribution in [2.24, 2.45) is 7.05 Å². The summed E-state index contributed by atoms with van der Waals surface area (Å²) in [7, 11) is 1.64. The normalized spacial score (nSPS) is 20.3. The first kappa shape index (κ1) is 23.1. The fourth-order valence-electron chi connectivity index (χ4n) is 4.61. The van der Waals surface area contributed by atoms with Crippen molar-refractivity contribution in [3.63, 3.8) is 0 Å². The van der Waals surface area contributed by atoms with Gasteiger partial charge in [0.05, 0.1) is 24.9 Å². The summed E-state index contributed by atoms with van der Waals surface area (Å²) in [4.78, 5) is 29.1. The van der Waals surface area contributed by atoms with Gasteiger partial charge in [0.15, 0.2) is 5.52 Å². The fourth-order valence-corrected chi connectivity index (χ4v) is 4.77. The Morgan fingerprint density at radius 1 is 1.14 bits per heavy atom. The first-order valence-corrected chi connectivity index (χ1v) is 12.3. The third kappa shape index (κ3) is 4.04. The average molecular weight is 510 g/mol. The summed E-state index contributed by atoms with van der Waals surface area (Å²) in [6, 6.07) is 4.84. The molecule has 0 amide bonds. The quantitative estimate of drug-likeness (QED) is 0.411. The highest BCUT2D eigenvalue weighted by atomic mass is 35.5. The molecule has 9 nitrogen and oxygen atoms in total. The van der Waals surface area contributed by atoms with Gasteiger partial charge in [-0.3, -0.25) is 14.0 Å². The van der Waals surface area contributed by atoms with Gasteiger partial charge in [-0.05, 0) is 44.9 Å². The van der Waals surface area contributed by atoms with Gasteiger partial charge in [-0.25, -0.2) is 19.3 Å². The van der Waals surface area contributed by atoms with Crippen molar-refractivity contribution >= 4 is 28.6 Å². The second kappa shape index (κ2) is 8.63. The SMILES string of the molecule is Cc1nc2c(-c3ccc(Cl)cc3F)nc(N3CC(C)OC(c4cnn(C5CC5)c4)C3)nc2c(=O)n1C. The molecule has 36 heavy (non-hydrogen) atoms. The molecule has 1 aliphatic carbocycles. The van der Waals surface area contributed by atoms with Gasteiger partial charge in [0, 0.05) is 35.9 Å². The van der Waals surface area contributed by atoms with Gasteiger partial charge in [0.1, 0.15) is 29.0 Å². The number of halogens is 2. The van der Waals surface area contributed by atoms with Gasteiger partial charge in [0.2, 0.25) is 5.95 Å². The molecule has 3 aromatic heterocycles. The molecule has 2 fully saturated rings. The Balaban J connectivity index is 1.47. The molecule has 0 bridgehead atoms. The molecule has 1 saturated heterocycles. The lowest BCUT2D eigenvalue weighted by Gasteiger charge is -2.36. The molecular weight excluding hydrogens is 485 g/mol. The number of nitrogens with zero attached hydrogens (tertiary/aromatic N) is 7. The highest BCUT2D eigenvalue weighted by Crippen LogP contribution is 2.36. The summed E-state index contributed by atoms with van der Waals surface area (Å²) in [5, 5.41) is 4.77. The number of anilines is 1. The first-order valence-electron chi connectivity index (χ1n) is 11.9. The van der Waals surface area contributed by atoms with E-state index in [1.807, 2.05) is 28.9 Å². The van der Waals surface area contributed by atoms with E-state index in [1.165, 1.54) is 10.6 Å². The molecule has 0 radical (unpaired) electrons. The van der Waals surface area contributed by atoms with Gasteiger partial charge in [-0.2, -0.15) is 5.10 Å². The number of benzene rings is 1. The monoisotopic (exact) mass is 509 g/mol. The van der Waals surface area contributed by atoms with Crippen LogP contribution in [0.15, 0.2) is 35.4 Å².